The van der Waals surface area contributed by atoms with E-state index in [0.29, 0.717) is 19.4 Å². The summed E-state index contributed by atoms with van der Waals surface area (Å²) in [4.78, 5) is 0. The smallest absolute Gasteiger partial charge is 0.335 e. The number of unbranched alkanes of at least 4 members (excludes halogenated alkanes) is 30. The molecule has 0 bridgehead atoms. The van der Waals surface area contributed by atoms with Crippen LogP contribution in [0.3, 0.4) is 0 Å². The highest BCUT2D eigenvalue weighted by Gasteiger charge is 2.27. The van der Waals surface area contributed by atoms with Crippen LogP contribution in [0.25, 0.3) is 0 Å². The molecule has 0 aromatic heterocycles. The molecule has 0 aliphatic carbocycles. The molecule has 0 saturated carbocycles. The van der Waals surface area contributed by atoms with Crippen LogP contribution >= 0.6 is 7.60 Å². The van der Waals surface area contributed by atoms with Gasteiger partial charge in [0.15, 0.2) is 0 Å². The van der Waals surface area contributed by atoms with Crippen molar-refractivity contribution in [2.75, 3.05) is 13.2 Å². The predicted octanol–water partition coefficient (Wildman–Crippen LogP) is 16.7. The molecule has 0 spiro atoms. The van der Waals surface area contributed by atoms with Crippen LogP contribution in [-0.4, -0.2) is 18.3 Å². The maximum absolute atomic E-state index is 14.1. The minimum atomic E-state index is -3.28. The molecule has 1 N–H and O–H groups in total. The van der Waals surface area contributed by atoms with Crippen LogP contribution in [-0.2, 0) is 31.8 Å². The van der Waals surface area contributed by atoms with Crippen molar-refractivity contribution < 1.29 is 18.7 Å². The van der Waals surface area contributed by atoms with Crippen LogP contribution in [0.5, 0.6) is 0 Å². The number of benzene rings is 1. The maximum Gasteiger partial charge on any atom is 0.335 e. The SMILES string of the molecule is CCCCCCCCCCCCCCCCCCOP(=O)(Cc1ccc(CO)c(C(C)(C)C)c1)OCCCCCCCCCCCCCCCCCC. The minimum absolute atomic E-state index is 0.00997. The van der Waals surface area contributed by atoms with E-state index in [2.05, 4.69) is 40.7 Å². The van der Waals surface area contributed by atoms with Crippen LogP contribution in [0.15, 0.2) is 18.2 Å². The van der Waals surface area contributed by atoms with Gasteiger partial charge in [-0.1, -0.05) is 245 Å². The van der Waals surface area contributed by atoms with Crippen molar-refractivity contribution in [3.8, 4) is 0 Å². The Bertz CT molecular complexity index is 944. The summed E-state index contributed by atoms with van der Waals surface area (Å²) < 4.78 is 26.4. The van der Waals surface area contributed by atoms with Gasteiger partial charge in [-0.25, -0.2) is 0 Å². The Morgan fingerprint density at radius 2 is 0.792 bits per heavy atom. The average molecular weight is 763 g/mol. The number of aliphatic hydroxyl groups excluding tert-OH is 1. The quantitative estimate of drug-likeness (QED) is 0.0536. The average Bonchev–Trinajstić information content (AvgIpc) is 3.13. The van der Waals surface area contributed by atoms with Gasteiger partial charge < -0.3 is 14.2 Å². The molecule has 1 rings (SSSR count). The second-order valence-corrected chi connectivity index (χ2v) is 19.5. The number of rotatable bonds is 39. The second-order valence-electron chi connectivity index (χ2n) is 17.4. The van der Waals surface area contributed by atoms with E-state index in [4.69, 9.17) is 9.05 Å². The third kappa shape index (κ3) is 29.3. The van der Waals surface area contributed by atoms with Crippen molar-refractivity contribution in [1.82, 2.24) is 0 Å². The molecule has 0 fully saturated rings. The van der Waals surface area contributed by atoms with Gasteiger partial charge in [0, 0.05) is 0 Å². The van der Waals surface area contributed by atoms with E-state index in [1.165, 1.54) is 180 Å². The fraction of sp³-hybridized carbons (Fsp3) is 0.875. The molecule has 0 radical (unpaired) electrons. The molecule has 1 aromatic rings. The molecule has 0 saturated heterocycles. The molecule has 0 unspecified atom stereocenters. The van der Waals surface area contributed by atoms with Gasteiger partial charge in [-0.05, 0) is 34.9 Å². The lowest BCUT2D eigenvalue weighted by atomic mass is 9.83. The minimum Gasteiger partial charge on any atom is -0.392 e. The van der Waals surface area contributed by atoms with E-state index in [1.54, 1.807) is 0 Å². The third-order valence-electron chi connectivity index (χ3n) is 11.1. The first kappa shape index (κ1) is 50.3. The maximum atomic E-state index is 14.1. The van der Waals surface area contributed by atoms with Crippen molar-refractivity contribution in [2.45, 2.75) is 258 Å². The molecule has 0 heterocycles. The molecular formula is C48H91O4P. The van der Waals surface area contributed by atoms with Crippen molar-refractivity contribution in [1.29, 1.82) is 0 Å². The van der Waals surface area contributed by atoms with Crippen molar-refractivity contribution in [3.63, 3.8) is 0 Å². The van der Waals surface area contributed by atoms with Gasteiger partial charge in [0.05, 0.1) is 26.0 Å². The topological polar surface area (TPSA) is 55.8 Å². The monoisotopic (exact) mass is 763 g/mol. The fourth-order valence-electron chi connectivity index (χ4n) is 7.62. The zero-order valence-corrected chi connectivity index (χ0v) is 37.2. The molecule has 312 valence electrons. The van der Waals surface area contributed by atoms with E-state index < -0.39 is 7.60 Å². The van der Waals surface area contributed by atoms with Gasteiger partial charge in [-0.3, -0.25) is 4.57 Å². The van der Waals surface area contributed by atoms with Gasteiger partial charge in [0.25, 0.3) is 0 Å². The molecule has 1 aromatic carbocycles. The fourth-order valence-corrected chi connectivity index (χ4v) is 9.33. The molecule has 4 nitrogen and oxygen atoms in total. The van der Waals surface area contributed by atoms with E-state index in [0.717, 1.165) is 42.4 Å². The summed E-state index contributed by atoms with van der Waals surface area (Å²) in [6.45, 7) is 12.1. The first-order valence-corrected chi connectivity index (χ1v) is 25.1. The zero-order valence-electron chi connectivity index (χ0n) is 36.3. The molecule has 0 aliphatic heterocycles. The first-order valence-electron chi connectivity index (χ1n) is 23.4. The molecule has 53 heavy (non-hydrogen) atoms. The summed E-state index contributed by atoms with van der Waals surface area (Å²) in [5.74, 6) is 0. The van der Waals surface area contributed by atoms with Crippen molar-refractivity contribution >= 4 is 7.60 Å². The summed E-state index contributed by atoms with van der Waals surface area (Å²) in [5.41, 5.74) is 2.88. The van der Waals surface area contributed by atoms with Gasteiger partial charge in [0.1, 0.15) is 0 Å². The number of hydrogen-bond donors (Lipinski definition) is 1. The highest BCUT2D eigenvalue weighted by Crippen LogP contribution is 2.52. The molecule has 0 amide bonds. The summed E-state index contributed by atoms with van der Waals surface area (Å²) in [6, 6.07) is 6.07. The third-order valence-corrected chi connectivity index (χ3v) is 13.0. The molecule has 0 atom stereocenters. The Hall–Kier alpha value is -0.670. The Morgan fingerprint density at radius 3 is 1.08 bits per heavy atom. The largest absolute Gasteiger partial charge is 0.392 e. The lowest BCUT2D eigenvalue weighted by Crippen LogP contribution is -2.15. The standard InChI is InChI=1S/C48H91O4P/c1-6-8-10-12-14-16-18-20-22-24-26-28-30-32-34-36-40-51-53(50,44-45-38-39-46(43-49)47(42-45)48(3,4)5)52-41-37-35-33-31-29-27-25-23-21-19-17-15-13-11-9-7-2/h38-39,42,49H,6-37,40-41,43-44H2,1-5H3. The lowest BCUT2D eigenvalue weighted by Gasteiger charge is -2.24. The van der Waals surface area contributed by atoms with Gasteiger partial charge in [-0.15, -0.1) is 0 Å². The van der Waals surface area contributed by atoms with Gasteiger partial charge >= 0.3 is 7.60 Å². The van der Waals surface area contributed by atoms with Crippen molar-refractivity contribution in [2.24, 2.45) is 0 Å². The molecular weight excluding hydrogens is 671 g/mol. The molecule has 0 aliphatic rings. The van der Waals surface area contributed by atoms with Crippen LogP contribution in [0.1, 0.15) is 257 Å². The van der Waals surface area contributed by atoms with E-state index in [-0.39, 0.29) is 12.0 Å². The predicted molar refractivity (Wildman–Crippen MR) is 233 cm³/mol. The summed E-state index contributed by atoms with van der Waals surface area (Å²) >= 11 is 0. The summed E-state index contributed by atoms with van der Waals surface area (Å²) in [6.07, 6.45) is 43.0. The Balaban J connectivity index is 2.32. The van der Waals surface area contributed by atoms with Crippen molar-refractivity contribution in [3.05, 3.63) is 34.9 Å². The number of aliphatic hydroxyl groups is 1. The summed E-state index contributed by atoms with van der Waals surface area (Å²) in [5, 5.41) is 9.93. The lowest BCUT2D eigenvalue weighted by molar-refractivity contribution is 0.196. The Morgan fingerprint density at radius 1 is 0.491 bits per heavy atom. The van der Waals surface area contributed by atoms with Gasteiger partial charge in [0.2, 0.25) is 0 Å². The van der Waals surface area contributed by atoms with Crippen LogP contribution in [0.2, 0.25) is 0 Å². The number of hydrogen-bond acceptors (Lipinski definition) is 4. The second kappa shape index (κ2) is 34.6. The van der Waals surface area contributed by atoms with Crippen LogP contribution in [0, 0.1) is 0 Å². The normalized spacial score (nSPS) is 12.3. The van der Waals surface area contributed by atoms with Crippen LogP contribution in [0.4, 0.5) is 0 Å². The Labute approximate surface area is 331 Å². The van der Waals surface area contributed by atoms with Gasteiger partial charge in [-0.2, -0.15) is 0 Å². The molecule has 5 heteroatoms. The Kier molecular flexibility index (Phi) is 32.8. The van der Waals surface area contributed by atoms with E-state index >= 15 is 0 Å². The van der Waals surface area contributed by atoms with E-state index in [9.17, 15) is 9.67 Å². The van der Waals surface area contributed by atoms with E-state index in [1.807, 2.05) is 12.1 Å². The highest BCUT2D eigenvalue weighted by molar-refractivity contribution is 7.53. The van der Waals surface area contributed by atoms with Crippen LogP contribution < -0.4 is 0 Å². The zero-order chi connectivity index (χ0) is 38.7. The first-order chi connectivity index (χ1) is 25.8. The summed E-state index contributed by atoms with van der Waals surface area (Å²) in [7, 11) is -3.28. The highest BCUT2D eigenvalue weighted by atomic mass is 31.2.